The molecule has 3 fully saturated rings. The van der Waals surface area contributed by atoms with E-state index < -0.39 is 17.9 Å². The largest absolute Gasteiger partial charge is 0.522 e. The maximum atomic E-state index is 12.5. The molecular formula is C25H32ClF3N2O5. The quantitative estimate of drug-likeness (QED) is 0.523. The fourth-order valence-corrected chi connectivity index (χ4v) is 5.55. The van der Waals surface area contributed by atoms with Gasteiger partial charge in [0, 0.05) is 23.0 Å². The van der Waals surface area contributed by atoms with Crippen LogP contribution in [0.5, 0.6) is 5.75 Å². The average Bonchev–Trinajstić information content (AvgIpc) is 3.37. The Morgan fingerprint density at radius 3 is 2.47 bits per heavy atom. The van der Waals surface area contributed by atoms with Crippen LogP contribution in [-0.4, -0.2) is 48.8 Å². The van der Waals surface area contributed by atoms with Gasteiger partial charge in [-0.05, 0) is 63.1 Å². The van der Waals surface area contributed by atoms with Gasteiger partial charge in [-0.15, -0.1) is 13.2 Å². The summed E-state index contributed by atoms with van der Waals surface area (Å²) in [6.45, 7) is 4.48. The number of alkyl halides is 3. The van der Waals surface area contributed by atoms with Gasteiger partial charge in [0.25, 0.3) is 0 Å². The van der Waals surface area contributed by atoms with Crippen LogP contribution in [0.4, 0.5) is 13.2 Å². The minimum atomic E-state index is -4.62. The van der Waals surface area contributed by atoms with Crippen LogP contribution in [0.3, 0.4) is 0 Å². The van der Waals surface area contributed by atoms with E-state index in [1.807, 2.05) is 13.8 Å². The first kappa shape index (κ1) is 28.2. The van der Waals surface area contributed by atoms with Crippen molar-refractivity contribution in [2.45, 2.75) is 89.3 Å². The number of amides is 2. The van der Waals surface area contributed by atoms with Gasteiger partial charge in [-0.25, -0.2) is 0 Å². The number of halogens is 4. The third kappa shape index (κ3) is 6.51. The number of Topliss-reactive ketones (excluding diaryl/α,β-unsaturated/α-hetero) is 1. The highest BCUT2D eigenvalue weighted by atomic mass is 35.5. The molecular weight excluding hydrogens is 501 g/mol. The molecule has 2 bridgehead atoms. The second kappa shape index (κ2) is 11.4. The molecule has 0 aromatic heterocycles. The van der Waals surface area contributed by atoms with Gasteiger partial charge in [0.05, 0.1) is 23.7 Å². The third-order valence-electron chi connectivity index (χ3n) is 7.25. The summed E-state index contributed by atoms with van der Waals surface area (Å²) < 4.78 is 45.3. The van der Waals surface area contributed by atoms with Crippen LogP contribution in [0.1, 0.15) is 75.6 Å². The van der Waals surface area contributed by atoms with Gasteiger partial charge >= 0.3 is 6.36 Å². The highest BCUT2D eigenvalue weighted by Crippen LogP contribution is 2.56. The van der Waals surface area contributed by atoms with E-state index in [0.29, 0.717) is 42.2 Å². The van der Waals surface area contributed by atoms with Gasteiger partial charge in [-0.2, -0.15) is 0 Å². The monoisotopic (exact) mass is 532 g/mol. The molecule has 3 aliphatic carbocycles. The van der Waals surface area contributed by atoms with E-state index in [0.717, 1.165) is 25.7 Å². The molecule has 0 spiro atoms. The summed E-state index contributed by atoms with van der Waals surface area (Å²) in [6, 6.07) is 4.86. The van der Waals surface area contributed by atoms with Crippen molar-refractivity contribution in [3.63, 3.8) is 0 Å². The Morgan fingerprint density at radius 2 is 1.86 bits per heavy atom. The minimum Gasteiger partial charge on any atom is -0.492 e. The van der Waals surface area contributed by atoms with Gasteiger partial charge in [0.2, 0.25) is 12.3 Å². The fourth-order valence-electron chi connectivity index (χ4n) is 5.38. The first-order chi connectivity index (χ1) is 17.0. The number of fused-ring (bicyclic) bond motifs is 3. The summed E-state index contributed by atoms with van der Waals surface area (Å²) in [5, 5.41) is 6.26. The summed E-state index contributed by atoms with van der Waals surface area (Å²) >= 11 is 5.73. The molecule has 1 aromatic carbocycles. The van der Waals surface area contributed by atoms with Crippen LogP contribution in [0.15, 0.2) is 18.2 Å². The molecule has 1 heterocycles. The second-order valence-electron chi connectivity index (χ2n) is 9.49. The molecule has 200 valence electrons. The first-order valence-corrected chi connectivity index (χ1v) is 12.6. The number of carbonyl (C=O) groups excluding carboxylic acids is 3. The third-order valence-corrected chi connectivity index (χ3v) is 7.48. The van der Waals surface area contributed by atoms with E-state index in [4.69, 9.17) is 16.3 Å². The zero-order valence-electron chi connectivity index (χ0n) is 20.4. The van der Waals surface area contributed by atoms with Crippen molar-refractivity contribution < 1.29 is 37.0 Å². The molecule has 11 heteroatoms. The van der Waals surface area contributed by atoms with Gasteiger partial charge < -0.3 is 15.4 Å². The molecule has 5 rings (SSSR count). The van der Waals surface area contributed by atoms with Crippen molar-refractivity contribution >= 4 is 29.7 Å². The lowest BCUT2D eigenvalue weighted by Crippen LogP contribution is -2.52. The van der Waals surface area contributed by atoms with Crippen molar-refractivity contribution in [2.24, 2.45) is 5.41 Å². The lowest BCUT2D eigenvalue weighted by atomic mass is 9.81. The van der Waals surface area contributed by atoms with Crippen molar-refractivity contribution in [3.8, 4) is 5.75 Å². The number of ether oxygens (including phenoxy) is 2. The van der Waals surface area contributed by atoms with Gasteiger partial charge in [0.1, 0.15) is 5.75 Å². The zero-order valence-corrected chi connectivity index (χ0v) is 21.1. The van der Waals surface area contributed by atoms with Crippen LogP contribution in [0, 0.1) is 5.41 Å². The van der Waals surface area contributed by atoms with Gasteiger partial charge in [-0.1, -0.05) is 25.4 Å². The topological polar surface area (TPSA) is 93.7 Å². The average molecular weight is 533 g/mol. The Labute approximate surface area is 213 Å². The van der Waals surface area contributed by atoms with Crippen LogP contribution < -0.4 is 15.4 Å². The van der Waals surface area contributed by atoms with E-state index >= 15 is 0 Å². The Balaban J connectivity index is 0.000000217. The number of carbonyl (C=O) groups is 3. The lowest BCUT2D eigenvalue weighted by molar-refractivity contribution is -0.351. The highest BCUT2D eigenvalue weighted by molar-refractivity contribution is 6.31. The van der Waals surface area contributed by atoms with E-state index in [1.165, 1.54) is 0 Å². The molecule has 0 atom stereocenters. The van der Waals surface area contributed by atoms with Crippen molar-refractivity contribution in [2.75, 3.05) is 6.61 Å². The van der Waals surface area contributed by atoms with E-state index in [-0.39, 0.29) is 36.1 Å². The summed E-state index contributed by atoms with van der Waals surface area (Å²) in [5.41, 5.74) is -0.124. The van der Waals surface area contributed by atoms with Crippen molar-refractivity contribution in [1.82, 2.24) is 10.6 Å². The molecule has 3 saturated carbocycles. The molecule has 2 N–H and O–H groups in total. The zero-order chi connectivity index (χ0) is 26.6. The molecule has 7 nitrogen and oxygen atoms in total. The van der Waals surface area contributed by atoms with E-state index in [2.05, 4.69) is 15.4 Å². The number of nitrogens with one attached hydrogen (secondary N) is 2. The predicted octanol–water partition coefficient (Wildman–Crippen LogP) is 4.95. The molecule has 1 aliphatic heterocycles. The summed E-state index contributed by atoms with van der Waals surface area (Å²) in [6.07, 6.45) is -0.326. The molecule has 36 heavy (non-hydrogen) atoms. The molecule has 0 saturated heterocycles. The molecule has 0 unspecified atom stereocenters. The van der Waals surface area contributed by atoms with Crippen molar-refractivity contribution in [1.29, 1.82) is 0 Å². The maximum absolute atomic E-state index is 12.5. The normalized spacial score (nSPS) is 29.8. The Kier molecular flexibility index (Phi) is 8.93. The number of benzene rings is 1. The summed E-state index contributed by atoms with van der Waals surface area (Å²) in [5.74, 6) is 0.671. The van der Waals surface area contributed by atoms with Gasteiger partial charge in [0.15, 0.2) is 5.78 Å². The molecule has 4 aliphatic rings. The van der Waals surface area contributed by atoms with Crippen LogP contribution in [0.25, 0.3) is 0 Å². The second-order valence-corrected chi connectivity index (χ2v) is 9.93. The minimum absolute atomic E-state index is 0.0879. The number of hydrogen-bond donors (Lipinski definition) is 2. The first-order valence-electron chi connectivity index (χ1n) is 12.3. The van der Waals surface area contributed by atoms with E-state index in [1.54, 1.807) is 18.2 Å². The maximum Gasteiger partial charge on any atom is 0.522 e. The lowest BCUT2D eigenvalue weighted by Gasteiger charge is -2.38. The highest BCUT2D eigenvalue weighted by Gasteiger charge is 2.58. The predicted molar refractivity (Wildman–Crippen MR) is 127 cm³/mol. The smallest absolute Gasteiger partial charge is 0.492 e. The van der Waals surface area contributed by atoms with Crippen LogP contribution >= 0.6 is 11.6 Å². The number of rotatable bonds is 5. The molecule has 2 amide bonds. The molecule has 0 radical (unpaired) electrons. The standard InChI is InChI=1S/C14H19F3N2O3.C9H7ClO2.C2H6/c15-14(16,17)22-10-5-9(6-10)19-11(21)12-1-3-13(7-12,4-2-12)18-8-20;10-6-1-2-9-7(5-6)8(11)3-4-12-9;1-2/h8-10H,1-7H2,(H,18,20)(H,19,21);1-2,5H,3-4H2;1-2H3. The van der Waals surface area contributed by atoms with Crippen LogP contribution in [0.2, 0.25) is 5.02 Å². The Morgan fingerprint density at radius 1 is 1.19 bits per heavy atom. The summed E-state index contributed by atoms with van der Waals surface area (Å²) in [7, 11) is 0. The number of hydrogen-bond acceptors (Lipinski definition) is 5. The number of ketones is 1. The van der Waals surface area contributed by atoms with Gasteiger partial charge in [-0.3, -0.25) is 19.1 Å². The Bertz CT molecular complexity index is 958. The fraction of sp³-hybridized carbons (Fsp3) is 0.640. The Hall–Kier alpha value is -2.33. The summed E-state index contributed by atoms with van der Waals surface area (Å²) in [4.78, 5) is 34.5. The van der Waals surface area contributed by atoms with Crippen molar-refractivity contribution in [3.05, 3.63) is 28.8 Å². The SMILES string of the molecule is CC.O=C1CCOc2ccc(Cl)cc21.O=CNC12CCC(C(=O)NC3CC(OC(F)(F)F)C3)(CC1)C2. The molecule has 1 aromatic rings. The van der Waals surface area contributed by atoms with E-state index in [9.17, 15) is 27.6 Å². The van der Waals surface area contributed by atoms with Crippen LogP contribution in [-0.2, 0) is 14.3 Å².